The minimum absolute atomic E-state index is 0.0445. The van der Waals surface area contributed by atoms with Crippen molar-refractivity contribution in [2.45, 2.75) is 6.61 Å². The quantitative estimate of drug-likeness (QED) is 0.401. The predicted octanol–water partition coefficient (Wildman–Crippen LogP) is 4.59. The molecule has 0 bridgehead atoms. The number of halogens is 1. The summed E-state index contributed by atoms with van der Waals surface area (Å²) < 4.78 is 17.8. The average Bonchev–Trinajstić information content (AvgIpc) is 2.84. The maximum absolute atomic E-state index is 12.7. The number of hydrogen-bond acceptors (Lipinski definition) is 6. The Morgan fingerprint density at radius 3 is 2.47 bits per heavy atom. The predicted molar refractivity (Wildman–Crippen MR) is 129 cm³/mol. The molecule has 2 aromatic carbocycles. The molecule has 0 atom stereocenters. The number of fused-ring (bicyclic) bond motifs is 1. The first-order valence-electron chi connectivity index (χ1n) is 10.2. The molecule has 0 aliphatic carbocycles. The fourth-order valence-electron chi connectivity index (χ4n) is 3.26. The third-order valence-corrected chi connectivity index (χ3v) is 5.15. The molecule has 10 heteroatoms. The molecule has 0 saturated heterocycles. The summed E-state index contributed by atoms with van der Waals surface area (Å²) in [5, 5.41) is 5.77. The maximum atomic E-state index is 12.7. The Hall–Kier alpha value is -4.24. The van der Waals surface area contributed by atoms with Crippen molar-refractivity contribution < 1.29 is 19.0 Å². The highest BCUT2D eigenvalue weighted by molar-refractivity contribution is 6.32. The smallest absolute Gasteiger partial charge is 0.323 e. The van der Waals surface area contributed by atoms with E-state index in [1.807, 2.05) is 0 Å². The van der Waals surface area contributed by atoms with Crippen LogP contribution in [0, 0.1) is 0 Å². The summed E-state index contributed by atoms with van der Waals surface area (Å²) in [6, 6.07) is 16.2. The van der Waals surface area contributed by atoms with Gasteiger partial charge in [0.15, 0.2) is 0 Å². The normalized spacial score (nSPS) is 10.6. The number of urea groups is 1. The monoisotopic (exact) mass is 480 g/mol. The van der Waals surface area contributed by atoms with Gasteiger partial charge < -0.3 is 24.8 Å². The van der Waals surface area contributed by atoms with Crippen LogP contribution in [0.1, 0.15) is 5.69 Å². The highest BCUT2D eigenvalue weighted by Gasteiger charge is 2.14. The van der Waals surface area contributed by atoms with E-state index in [0.29, 0.717) is 45.0 Å². The Bertz CT molecular complexity index is 1410. The van der Waals surface area contributed by atoms with Gasteiger partial charge in [-0.3, -0.25) is 9.20 Å². The summed E-state index contributed by atoms with van der Waals surface area (Å²) in [7, 11) is 2.96. The molecule has 2 N–H and O–H groups in total. The molecule has 4 rings (SSSR count). The van der Waals surface area contributed by atoms with Crippen molar-refractivity contribution in [1.29, 1.82) is 0 Å². The minimum Gasteiger partial charge on any atom is -0.495 e. The molecule has 0 unspecified atom stereocenters. The number of nitrogens with one attached hydrogen (secondary N) is 2. The number of methoxy groups -OCH3 is 2. The molecule has 0 fully saturated rings. The number of carbonyl (C=O) groups excluding carboxylic acids is 1. The number of benzene rings is 2. The van der Waals surface area contributed by atoms with Crippen LogP contribution >= 0.6 is 11.6 Å². The lowest BCUT2D eigenvalue weighted by molar-refractivity contribution is 0.261. The number of anilines is 2. The Balaban J connectivity index is 1.48. The van der Waals surface area contributed by atoms with Crippen molar-refractivity contribution in [3.63, 3.8) is 0 Å². The van der Waals surface area contributed by atoms with Gasteiger partial charge in [-0.05, 0) is 30.3 Å². The molecular weight excluding hydrogens is 460 g/mol. The fraction of sp³-hybridized carbons (Fsp3) is 0.125. The lowest BCUT2D eigenvalue weighted by atomic mass is 10.2. The number of hydrogen-bond donors (Lipinski definition) is 2. The van der Waals surface area contributed by atoms with Crippen molar-refractivity contribution in [3.8, 4) is 17.2 Å². The number of carbonyl (C=O) groups is 1. The van der Waals surface area contributed by atoms with Crippen LogP contribution in [0.2, 0.25) is 5.02 Å². The molecule has 0 spiro atoms. The third kappa shape index (κ3) is 5.05. The maximum Gasteiger partial charge on any atom is 0.323 e. The number of aromatic nitrogens is 2. The Labute approximate surface area is 199 Å². The highest BCUT2D eigenvalue weighted by Crippen LogP contribution is 2.36. The van der Waals surface area contributed by atoms with Gasteiger partial charge in [-0.1, -0.05) is 29.8 Å². The van der Waals surface area contributed by atoms with Crippen LogP contribution in [0.4, 0.5) is 16.2 Å². The van der Waals surface area contributed by atoms with Crippen LogP contribution in [0.25, 0.3) is 5.65 Å². The molecule has 0 radical (unpaired) electrons. The second kappa shape index (κ2) is 10.1. The standard InChI is InChI=1S/C24H21ClN4O5/c1-32-20-13-21(33-2)18(12-16(20)25)28-24(31)27-17-7-3-4-8-19(17)34-14-15-11-23(30)29-10-6-5-9-22(29)26-15/h3-13H,14H2,1-2H3,(H2,27,28,31). The Morgan fingerprint density at radius 1 is 0.941 bits per heavy atom. The van der Waals surface area contributed by atoms with Gasteiger partial charge >= 0.3 is 6.03 Å². The zero-order valence-corrected chi connectivity index (χ0v) is 19.1. The summed E-state index contributed by atoms with van der Waals surface area (Å²) in [5.41, 5.74) is 1.57. The summed E-state index contributed by atoms with van der Waals surface area (Å²) in [5.74, 6) is 1.21. The first kappa shape index (κ1) is 22.9. The average molecular weight is 481 g/mol. The number of amides is 2. The number of rotatable bonds is 7. The molecule has 2 amide bonds. The summed E-state index contributed by atoms with van der Waals surface area (Å²) in [4.78, 5) is 29.4. The van der Waals surface area contributed by atoms with Crippen molar-refractivity contribution in [3.05, 3.63) is 87.9 Å². The number of ether oxygens (including phenoxy) is 3. The molecule has 0 saturated carbocycles. The zero-order valence-electron chi connectivity index (χ0n) is 18.4. The number of pyridine rings is 1. The zero-order chi connectivity index (χ0) is 24.1. The van der Waals surface area contributed by atoms with Crippen LogP contribution in [-0.4, -0.2) is 29.6 Å². The molecule has 4 aromatic rings. The molecular formula is C24H21ClN4O5. The van der Waals surface area contributed by atoms with E-state index < -0.39 is 6.03 Å². The second-order valence-electron chi connectivity index (χ2n) is 7.07. The van der Waals surface area contributed by atoms with Crippen LogP contribution in [0.3, 0.4) is 0 Å². The molecule has 9 nitrogen and oxygen atoms in total. The number of para-hydroxylation sites is 2. The fourth-order valence-corrected chi connectivity index (χ4v) is 3.50. The van der Waals surface area contributed by atoms with Crippen LogP contribution in [-0.2, 0) is 6.61 Å². The summed E-state index contributed by atoms with van der Waals surface area (Å²) in [6.45, 7) is 0.0445. The second-order valence-corrected chi connectivity index (χ2v) is 7.47. The van der Waals surface area contributed by atoms with Gasteiger partial charge in [-0.25, -0.2) is 9.78 Å². The first-order chi connectivity index (χ1) is 16.5. The van der Waals surface area contributed by atoms with Gasteiger partial charge in [0.25, 0.3) is 5.56 Å². The molecule has 0 aliphatic rings. The van der Waals surface area contributed by atoms with Gasteiger partial charge in [0.1, 0.15) is 29.5 Å². The Morgan fingerprint density at radius 2 is 1.68 bits per heavy atom. The van der Waals surface area contributed by atoms with Crippen molar-refractivity contribution in [2.24, 2.45) is 0 Å². The van der Waals surface area contributed by atoms with Gasteiger partial charge in [0.2, 0.25) is 0 Å². The van der Waals surface area contributed by atoms with Gasteiger partial charge in [0.05, 0.1) is 36.3 Å². The van der Waals surface area contributed by atoms with E-state index in [0.717, 1.165) is 0 Å². The van der Waals surface area contributed by atoms with E-state index in [1.165, 1.54) is 30.8 Å². The topological polar surface area (TPSA) is 103 Å². The van der Waals surface area contributed by atoms with Crippen molar-refractivity contribution >= 4 is 34.7 Å². The van der Waals surface area contributed by atoms with E-state index >= 15 is 0 Å². The van der Waals surface area contributed by atoms with Crippen LogP contribution in [0.5, 0.6) is 17.2 Å². The van der Waals surface area contributed by atoms with Crippen LogP contribution < -0.4 is 30.4 Å². The molecule has 2 aromatic heterocycles. The lowest BCUT2D eigenvalue weighted by Gasteiger charge is -2.15. The minimum atomic E-state index is -0.530. The van der Waals surface area contributed by atoms with E-state index in [2.05, 4.69) is 15.6 Å². The van der Waals surface area contributed by atoms with E-state index in [-0.39, 0.29) is 12.2 Å². The lowest BCUT2D eigenvalue weighted by Crippen LogP contribution is -2.20. The van der Waals surface area contributed by atoms with Gasteiger partial charge in [-0.2, -0.15) is 0 Å². The number of nitrogens with zero attached hydrogens (tertiary/aromatic N) is 2. The largest absolute Gasteiger partial charge is 0.495 e. The van der Waals surface area contributed by atoms with E-state index in [9.17, 15) is 9.59 Å². The van der Waals surface area contributed by atoms with E-state index in [1.54, 1.807) is 54.7 Å². The van der Waals surface area contributed by atoms with E-state index in [4.69, 9.17) is 25.8 Å². The van der Waals surface area contributed by atoms with Crippen molar-refractivity contribution in [2.75, 3.05) is 24.9 Å². The van der Waals surface area contributed by atoms with Gasteiger partial charge in [0, 0.05) is 18.3 Å². The Kier molecular flexibility index (Phi) is 6.84. The molecule has 34 heavy (non-hydrogen) atoms. The first-order valence-corrected chi connectivity index (χ1v) is 10.5. The molecule has 174 valence electrons. The molecule has 2 heterocycles. The highest BCUT2D eigenvalue weighted by atomic mass is 35.5. The van der Waals surface area contributed by atoms with Crippen LogP contribution in [0.15, 0.2) is 71.7 Å². The third-order valence-electron chi connectivity index (χ3n) is 4.86. The SMILES string of the molecule is COc1cc(OC)c(NC(=O)Nc2ccccc2OCc2cc(=O)n3ccccc3n2)cc1Cl. The van der Waals surface area contributed by atoms with Crippen molar-refractivity contribution in [1.82, 2.24) is 9.38 Å². The molecule has 0 aliphatic heterocycles. The summed E-state index contributed by atoms with van der Waals surface area (Å²) in [6.07, 6.45) is 1.65. The summed E-state index contributed by atoms with van der Waals surface area (Å²) >= 11 is 6.17. The van der Waals surface area contributed by atoms with Gasteiger partial charge in [-0.15, -0.1) is 0 Å².